The number of nitrogens with zero attached hydrogens (tertiary/aromatic N) is 1. The van der Waals surface area contributed by atoms with Crippen LogP contribution < -0.4 is 54.4 Å². The number of rotatable bonds is 18. The molecule has 0 spiro atoms. The van der Waals surface area contributed by atoms with E-state index in [-0.39, 0.29) is 24.3 Å². The average molecular weight is 1030 g/mol. The molecule has 72 heavy (non-hydrogen) atoms. The Morgan fingerprint density at radius 1 is 0.750 bits per heavy atom. The molecule has 0 bridgehead atoms. The second kappa shape index (κ2) is 27.9. The van der Waals surface area contributed by atoms with Crippen LogP contribution in [0.4, 0.5) is 0 Å². The maximum Gasteiger partial charge on any atom is 0.245 e. The fraction of sp³-hybridized carbons (Fsp3) is 0.511. The fourth-order valence-electron chi connectivity index (χ4n) is 7.26. The number of phenols is 2. The first-order valence-corrected chi connectivity index (χ1v) is 24.7. The lowest BCUT2D eigenvalue weighted by Gasteiger charge is -2.30. The number of aromatic hydroxyl groups is 2. The number of hydrogen-bond donors (Lipinski definition) is 13. The normalized spacial score (nSPS) is 22.2. The lowest BCUT2D eigenvalue weighted by molar-refractivity contribution is -0.140. The lowest BCUT2D eigenvalue weighted by atomic mass is 9.96. The minimum Gasteiger partial charge on any atom is -0.508 e. The van der Waals surface area contributed by atoms with E-state index in [1.165, 1.54) is 48.5 Å². The zero-order chi connectivity index (χ0) is 53.9. The Morgan fingerprint density at radius 3 is 1.88 bits per heavy atom. The van der Waals surface area contributed by atoms with Gasteiger partial charge in [0.05, 0.1) is 37.1 Å². The number of carbonyl (C=O) groups is 10. The first kappa shape index (κ1) is 58.9. The van der Waals surface area contributed by atoms with E-state index in [1.807, 2.05) is 0 Å². The highest BCUT2D eigenvalue weighted by atomic mass is 32.2. The van der Waals surface area contributed by atoms with Crippen LogP contribution in [0, 0.1) is 5.92 Å². The Labute approximate surface area is 415 Å². The van der Waals surface area contributed by atoms with Crippen molar-refractivity contribution in [2.24, 2.45) is 23.1 Å². The SMILES string of the molecule is CC[C@H](C)[C@@H]1NC(=O)[C@@H](Cc2ccc(O)cc2)NC(O)CCS(=O)(=O)CC[C@@H](C(=O)N(C)CC(=O)N[C@@H](Cc2ccc(O)cc2)C(=O)NCC(N)=O)NC(=O)[C@H](CC(N)=O)NC(=O)[C@H](CCC(N)=O)NC1=O. The number of aliphatic hydroxyl groups excluding tert-OH is 1. The Kier molecular flexibility index (Phi) is 22.8. The van der Waals surface area contributed by atoms with Crippen molar-refractivity contribution < 1.29 is 71.7 Å². The smallest absolute Gasteiger partial charge is 0.245 e. The maximum atomic E-state index is 14.1. The van der Waals surface area contributed by atoms with Gasteiger partial charge in [-0.25, -0.2) is 8.42 Å². The van der Waals surface area contributed by atoms with Crippen molar-refractivity contribution in [2.75, 3.05) is 31.6 Å². The predicted octanol–water partition coefficient (Wildman–Crippen LogP) is -4.96. The number of primary amides is 3. The van der Waals surface area contributed by atoms with Gasteiger partial charge in [-0.1, -0.05) is 44.5 Å². The number of aliphatic hydroxyl groups is 1. The number of phenolic OH excluding ortho intramolecular Hbond substituents is 2. The molecule has 0 aliphatic carbocycles. The van der Waals surface area contributed by atoms with E-state index >= 15 is 0 Å². The molecule has 10 amide bonds. The van der Waals surface area contributed by atoms with E-state index < -0.39 is 174 Å². The number of amides is 10. The summed E-state index contributed by atoms with van der Waals surface area (Å²) in [7, 11) is -3.14. The monoisotopic (exact) mass is 1030 g/mol. The molecule has 1 unspecified atom stereocenters. The molecule has 2 aromatic rings. The van der Waals surface area contributed by atoms with Crippen molar-refractivity contribution >= 4 is 68.9 Å². The average Bonchev–Trinajstić information content (AvgIpc) is 3.31. The van der Waals surface area contributed by atoms with Crippen molar-refractivity contribution in [3.63, 3.8) is 0 Å². The molecule has 1 aliphatic rings. The molecule has 1 fully saturated rings. The zero-order valence-electron chi connectivity index (χ0n) is 40.1. The molecule has 27 heteroatoms. The number of nitrogens with two attached hydrogens (primary N) is 3. The van der Waals surface area contributed by atoms with Gasteiger partial charge in [0, 0.05) is 26.3 Å². The standard InChI is InChI=1S/C45H65N11O15S/c1-4-24(2)39-44(68)52-29(13-14-34(46)59)41(65)54-33(21-35(47)60)42(66)53-30(15-17-72(70,71)18-16-37(62)50-32(43(67)55-39)20-26-7-11-28(58)12-8-26)45(69)56(3)23-38(63)51-31(40(64)49-22-36(48)61)19-25-5-9-27(57)10-6-25/h5-12,24,29-33,37,39,50,57-58,62H,4,13-23H2,1-3H3,(H2,46,59)(H2,47,60)(H2,48,61)(H,49,64)(H,51,63)(H,52,68)(H,53,66)(H,54,65)(H,55,67)/t24-,29-,30-,31-,32+,33-,37?,39-/m0/s1. The molecule has 16 N–H and O–H groups in total. The van der Waals surface area contributed by atoms with Gasteiger partial charge in [-0.15, -0.1) is 0 Å². The Bertz CT molecular complexity index is 2390. The third-order valence-corrected chi connectivity index (χ3v) is 13.2. The van der Waals surface area contributed by atoms with Crippen molar-refractivity contribution in [1.82, 2.24) is 42.1 Å². The first-order valence-electron chi connectivity index (χ1n) is 22.9. The first-order chi connectivity index (χ1) is 33.8. The van der Waals surface area contributed by atoms with E-state index in [9.17, 15) is 71.7 Å². The number of nitrogens with one attached hydrogen (secondary N) is 7. The van der Waals surface area contributed by atoms with E-state index in [1.54, 1.807) is 13.8 Å². The fourth-order valence-corrected chi connectivity index (χ4v) is 8.64. The summed E-state index contributed by atoms with van der Waals surface area (Å²) in [5, 5.41) is 47.8. The Balaban J connectivity index is 2.04. The number of sulfone groups is 1. The van der Waals surface area contributed by atoms with Crippen LogP contribution in [0.25, 0.3) is 0 Å². The second-order valence-electron chi connectivity index (χ2n) is 17.4. The van der Waals surface area contributed by atoms with E-state index in [2.05, 4.69) is 37.2 Å². The van der Waals surface area contributed by atoms with Crippen molar-refractivity contribution in [1.29, 1.82) is 0 Å². The summed E-state index contributed by atoms with van der Waals surface area (Å²) in [4.78, 5) is 133. The van der Waals surface area contributed by atoms with Crippen molar-refractivity contribution in [3.8, 4) is 11.5 Å². The summed E-state index contributed by atoms with van der Waals surface area (Å²) in [6.07, 6.45) is -4.76. The van der Waals surface area contributed by atoms with Crippen molar-refractivity contribution in [3.05, 3.63) is 59.7 Å². The Hall–Kier alpha value is -7.39. The van der Waals surface area contributed by atoms with Gasteiger partial charge in [0.1, 0.15) is 47.9 Å². The van der Waals surface area contributed by atoms with Gasteiger partial charge in [0.2, 0.25) is 59.1 Å². The van der Waals surface area contributed by atoms with Crippen LogP contribution in [0.15, 0.2) is 48.5 Å². The van der Waals surface area contributed by atoms with Gasteiger partial charge in [-0.05, 0) is 60.6 Å². The summed E-state index contributed by atoms with van der Waals surface area (Å²) in [5.74, 6) is -12.4. The Morgan fingerprint density at radius 2 is 1.31 bits per heavy atom. The van der Waals surface area contributed by atoms with Crippen molar-refractivity contribution in [2.45, 2.75) is 108 Å². The number of likely N-dealkylation sites (N-methyl/N-ethyl adjacent to an activating group) is 1. The molecular formula is C45H65N11O15S. The molecule has 0 aromatic heterocycles. The van der Waals surface area contributed by atoms with E-state index in [0.717, 1.165) is 11.9 Å². The minimum absolute atomic E-state index is 0.0837. The van der Waals surface area contributed by atoms with Gasteiger partial charge < -0.3 is 69.3 Å². The lowest BCUT2D eigenvalue weighted by Crippen LogP contribution is -2.61. The molecule has 396 valence electrons. The number of carbonyl (C=O) groups excluding carboxylic acids is 10. The summed E-state index contributed by atoms with van der Waals surface area (Å²) < 4.78 is 27.1. The van der Waals surface area contributed by atoms with Gasteiger partial charge in [-0.3, -0.25) is 53.3 Å². The third kappa shape index (κ3) is 20.1. The highest BCUT2D eigenvalue weighted by molar-refractivity contribution is 7.91. The molecule has 1 heterocycles. The van der Waals surface area contributed by atoms with E-state index in [4.69, 9.17) is 17.2 Å². The van der Waals surface area contributed by atoms with Gasteiger partial charge >= 0.3 is 0 Å². The minimum atomic E-state index is -4.25. The molecule has 0 radical (unpaired) electrons. The molecule has 8 atom stereocenters. The third-order valence-electron chi connectivity index (χ3n) is 11.5. The van der Waals surface area contributed by atoms with Crippen LogP contribution in [-0.2, 0) is 70.6 Å². The molecule has 1 aliphatic heterocycles. The number of hydrogen-bond acceptors (Lipinski definition) is 16. The van der Waals surface area contributed by atoms with E-state index in [0.29, 0.717) is 17.5 Å². The second-order valence-corrected chi connectivity index (χ2v) is 19.7. The van der Waals surface area contributed by atoms with Gasteiger partial charge in [-0.2, -0.15) is 0 Å². The summed E-state index contributed by atoms with van der Waals surface area (Å²) >= 11 is 0. The molecule has 0 saturated carbocycles. The van der Waals surface area contributed by atoms with Crippen LogP contribution in [0.5, 0.6) is 11.5 Å². The van der Waals surface area contributed by atoms with Crippen LogP contribution in [0.2, 0.25) is 0 Å². The highest BCUT2D eigenvalue weighted by Gasteiger charge is 2.36. The summed E-state index contributed by atoms with van der Waals surface area (Å²) in [5.41, 5.74) is 16.9. The summed E-state index contributed by atoms with van der Waals surface area (Å²) in [6, 6.07) is 1.82. The maximum absolute atomic E-state index is 14.1. The van der Waals surface area contributed by atoms with Gasteiger partial charge in [0.15, 0.2) is 9.84 Å². The van der Waals surface area contributed by atoms with Crippen LogP contribution in [0.3, 0.4) is 0 Å². The molecule has 26 nitrogen and oxygen atoms in total. The van der Waals surface area contributed by atoms with Gasteiger partial charge in [0.25, 0.3) is 0 Å². The molecular weight excluding hydrogens is 967 g/mol. The van der Waals surface area contributed by atoms with Crippen LogP contribution in [0.1, 0.15) is 63.5 Å². The topological polar surface area (TPSA) is 431 Å². The summed E-state index contributed by atoms with van der Waals surface area (Å²) in [6.45, 7) is 1.92. The quantitative estimate of drug-likeness (QED) is 0.0665. The molecule has 2 aromatic carbocycles. The van der Waals surface area contributed by atoms with Crippen LogP contribution >= 0.6 is 0 Å². The largest absolute Gasteiger partial charge is 0.508 e. The van der Waals surface area contributed by atoms with Crippen LogP contribution in [-0.4, -0.2) is 162 Å². The predicted molar refractivity (Wildman–Crippen MR) is 256 cm³/mol. The number of benzene rings is 2. The zero-order valence-corrected chi connectivity index (χ0v) is 40.9. The molecule has 1 saturated heterocycles. The molecule has 3 rings (SSSR count). The highest BCUT2D eigenvalue weighted by Crippen LogP contribution is 2.16.